The molecule has 0 aliphatic heterocycles. The van der Waals surface area contributed by atoms with Crippen LogP contribution in [0.15, 0.2) is 30.3 Å². The van der Waals surface area contributed by atoms with Crippen LogP contribution in [0.5, 0.6) is 0 Å². The standard InChI is InChI=1S/C16H25N/c1-13(15-8-4-3-5-9-15)11-12-17-16-10-6-7-14(16)2/h3-5,8-9,13-14,16-17H,6-7,10-12H2,1-2H3. The van der Waals surface area contributed by atoms with Gasteiger partial charge in [-0.2, -0.15) is 0 Å². The Balaban J connectivity index is 1.71. The van der Waals surface area contributed by atoms with Gasteiger partial charge in [0.15, 0.2) is 0 Å². The van der Waals surface area contributed by atoms with Crippen LogP contribution in [0.25, 0.3) is 0 Å². The highest BCUT2D eigenvalue weighted by molar-refractivity contribution is 5.18. The molecule has 1 nitrogen and oxygen atoms in total. The van der Waals surface area contributed by atoms with E-state index in [1.807, 2.05) is 0 Å². The third-order valence-electron chi connectivity index (χ3n) is 4.21. The van der Waals surface area contributed by atoms with Crippen molar-refractivity contribution < 1.29 is 0 Å². The first-order chi connectivity index (χ1) is 8.27. The zero-order valence-corrected chi connectivity index (χ0v) is 11.2. The highest BCUT2D eigenvalue weighted by atomic mass is 14.9. The van der Waals surface area contributed by atoms with E-state index in [-0.39, 0.29) is 0 Å². The molecule has 3 atom stereocenters. The maximum Gasteiger partial charge on any atom is 0.00926 e. The summed E-state index contributed by atoms with van der Waals surface area (Å²) in [6, 6.07) is 11.6. The molecule has 94 valence electrons. The topological polar surface area (TPSA) is 12.0 Å². The maximum absolute atomic E-state index is 3.73. The Morgan fingerprint density at radius 2 is 2.00 bits per heavy atom. The fraction of sp³-hybridized carbons (Fsp3) is 0.625. The molecule has 1 aliphatic carbocycles. The molecule has 1 heteroatoms. The maximum atomic E-state index is 3.73. The van der Waals surface area contributed by atoms with Crippen LogP contribution in [0, 0.1) is 5.92 Å². The zero-order valence-electron chi connectivity index (χ0n) is 11.2. The first kappa shape index (κ1) is 12.6. The van der Waals surface area contributed by atoms with Gasteiger partial charge in [-0.25, -0.2) is 0 Å². The molecule has 1 saturated carbocycles. The van der Waals surface area contributed by atoms with E-state index in [9.17, 15) is 0 Å². The van der Waals surface area contributed by atoms with Gasteiger partial charge in [0.2, 0.25) is 0 Å². The van der Waals surface area contributed by atoms with Crippen molar-refractivity contribution in [1.82, 2.24) is 5.32 Å². The van der Waals surface area contributed by atoms with Crippen LogP contribution in [0.2, 0.25) is 0 Å². The van der Waals surface area contributed by atoms with E-state index in [4.69, 9.17) is 0 Å². The number of hydrogen-bond acceptors (Lipinski definition) is 1. The van der Waals surface area contributed by atoms with Crippen molar-refractivity contribution in [1.29, 1.82) is 0 Å². The summed E-state index contributed by atoms with van der Waals surface area (Å²) in [7, 11) is 0. The normalized spacial score (nSPS) is 26.0. The summed E-state index contributed by atoms with van der Waals surface area (Å²) < 4.78 is 0. The molecule has 17 heavy (non-hydrogen) atoms. The second kappa shape index (κ2) is 6.20. The fourth-order valence-electron chi connectivity index (χ4n) is 2.88. The Hall–Kier alpha value is -0.820. The molecule has 2 rings (SSSR count). The Morgan fingerprint density at radius 3 is 2.65 bits per heavy atom. The predicted octanol–water partition coefficient (Wildman–Crippen LogP) is 3.96. The van der Waals surface area contributed by atoms with E-state index >= 15 is 0 Å². The van der Waals surface area contributed by atoms with Gasteiger partial charge in [0.05, 0.1) is 0 Å². The van der Waals surface area contributed by atoms with Crippen LogP contribution in [-0.2, 0) is 0 Å². The van der Waals surface area contributed by atoms with Crippen LogP contribution in [0.4, 0.5) is 0 Å². The summed E-state index contributed by atoms with van der Waals surface area (Å²) in [6.07, 6.45) is 5.44. The summed E-state index contributed by atoms with van der Waals surface area (Å²) in [4.78, 5) is 0. The molecule has 0 radical (unpaired) electrons. The van der Waals surface area contributed by atoms with Crippen molar-refractivity contribution in [2.75, 3.05) is 6.54 Å². The van der Waals surface area contributed by atoms with E-state index < -0.39 is 0 Å². The molecule has 0 aromatic heterocycles. The van der Waals surface area contributed by atoms with Crippen LogP contribution in [0.1, 0.15) is 51.0 Å². The Kier molecular flexibility index (Phi) is 4.61. The Bertz CT molecular complexity index is 320. The third-order valence-corrected chi connectivity index (χ3v) is 4.21. The molecule has 0 amide bonds. The van der Waals surface area contributed by atoms with Gasteiger partial charge in [0.25, 0.3) is 0 Å². The number of hydrogen-bond donors (Lipinski definition) is 1. The summed E-state index contributed by atoms with van der Waals surface area (Å²) in [5.74, 6) is 1.54. The van der Waals surface area contributed by atoms with Gasteiger partial charge in [-0.15, -0.1) is 0 Å². The van der Waals surface area contributed by atoms with Crippen LogP contribution in [0.3, 0.4) is 0 Å². The molecule has 1 aromatic rings. The van der Waals surface area contributed by atoms with E-state index in [2.05, 4.69) is 49.5 Å². The molecule has 3 unspecified atom stereocenters. The molecule has 1 aliphatic rings. The van der Waals surface area contributed by atoms with Crippen LogP contribution in [-0.4, -0.2) is 12.6 Å². The second-order valence-electron chi connectivity index (χ2n) is 5.57. The number of nitrogens with one attached hydrogen (secondary N) is 1. The Labute approximate surface area is 106 Å². The molecule has 0 heterocycles. The third kappa shape index (κ3) is 3.57. The average Bonchev–Trinajstić information content (AvgIpc) is 2.76. The van der Waals surface area contributed by atoms with Crippen molar-refractivity contribution in [3.63, 3.8) is 0 Å². The Morgan fingerprint density at radius 1 is 1.24 bits per heavy atom. The lowest BCUT2D eigenvalue weighted by Gasteiger charge is -2.19. The van der Waals surface area contributed by atoms with Gasteiger partial charge in [-0.1, -0.05) is 50.6 Å². The van der Waals surface area contributed by atoms with Gasteiger partial charge in [-0.3, -0.25) is 0 Å². The largest absolute Gasteiger partial charge is 0.314 e. The number of benzene rings is 1. The summed E-state index contributed by atoms with van der Waals surface area (Å²) >= 11 is 0. The lowest BCUT2D eigenvalue weighted by molar-refractivity contribution is 0.417. The minimum atomic E-state index is 0.667. The van der Waals surface area contributed by atoms with Gasteiger partial charge in [-0.05, 0) is 43.2 Å². The minimum Gasteiger partial charge on any atom is -0.314 e. The van der Waals surface area contributed by atoms with Crippen molar-refractivity contribution >= 4 is 0 Å². The SMILES string of the molecule is CC(CCNC1CCCC1C)c1ccccc1. The molecule has 0 spiro atoms. The van der Waals surface area contributed by atoms with Crippen LogP contribution < -0.4 is 5.32 Å². The smallest absolute Gasteiger partial charge is 0.00926 e. The minimum absolute atomic E-state index is 0.667. The lowest BCUT2D eigenvalue weighted by Crippen LogP contribution is -2.32. The first-order valence-electron chi connectivity index (χ1n) is 7.05. The van der Waals surface area contributed by atoms with Crippen molar-refractivity contribution in [2.24, 2.45) is 5.92 Å². The zero-order chi connectivity index (χ0) is 12.1. The van der Waals surface area contributed by atoms with Gasteiger partial charge in [0.1, 0.15) is 0 Å². The van der Waals surface area contributed by atoms with E-state index in [1.165, 1.54) is 31.2 Å². The monoisotopic (exact) mass is 231 g/mol. The molecule has 1 N–H and O–H groups in total. The fourth-order valence-corrected chi connectivity index (χ4v) is 2.88. The summed E-state index contributed by atoms with van der Waals surface area (Å²) in [5.41, 5.74) is 1.47. The molecule has 1 aromatic carbocycles. The van der Waals surface area contributed by atoms with Crippen molar-refractivity contribution in [3.05, 3.63) is 35.9 Å². The summed E-state index contributed by atoms with van der Waals surface area (Å²) in [5, 5.41) is 3.73. The lowest BCUT2D eigenvalue weighted by atomic mass is 9.97. The van der Waals surface area contributed by atoms with Crippen molar-refractivity contribution in [2.45, 2.75) is 51.5 Å². The summed E-state index contributed by atoms with van der Waals surface area (Å²) in [6.45, 7) is 5.87. The van der Waals surface area contributed by atoms with Crippen molar-refractivity contribution in [3.8, 4) is 0 Å². The highest BCUT2D eigenvalue weighted by Gasteiger charge is 2.22. The molecular weight excluding hydrogens is 206 g/mol. The molecular formula is C16H25N. The molecule has 0 bridgehead atoms. The van der Waals surface area contributed by atoms with Gasteiger partial charge in [0, 0.05) is 6.04 Å². The average molecular weight is 231 g/mol. The van der Waals surface area contributed by atoms with E-state index in [1.54, 1.807) is 0 Å². The second-order valence-corrected chi connectivity index (χ2v) is 5.57. The van der Waals surface area contributed by atoms with E-state index in [0.29, 0.717) is 5.92 Å². The first-order valence-corrected chi connectivity index (χ1v) is 7.05. The molecule has 1 fully saturated rings. The number of rotatable bonds is 5. The molecule has 0 saturated heterocycles. The van der Waals surface area contributed by atoms with Gasteiger partial charge >= 0.3 is 0 Å². The van der Waals surface area contributed by atoms with Crippen LogP contribution >= 0.6 is 0 Å². The highest BCUT2D eigenvalue weighted by Crippen LogP contribution is 2.25. The predicted molar refractivity (Wildman–Crippen MR) is 74.3 cm³/mol. The van der Waals surface area contributed by atoms with Gasteiger partial charge < -0.3 is 5.32 Å². The quantitative estimate of drug-likeness (QED) is 0.809. The van der Waals surface area contributed by atoms with E-state index in [0.717, 1.165) is 18.5 Å².